The first-order valence-corrected chi connectivity index (χ1v) is 7.27. The van der Waals surface area contributed by atoms with Crippen molar-refractivity contribution >= 4 is 23.2 Å². The second-order valence-corrected chi connectivity index (χ2v) is 5.54. The molecule has 4 heteroatoms. The number of amides is 1. The fraction of sp³-hybridized carbons (Fsp3) is 0.176. The average Bonchev–Trinajstić information content (AvgIpc) is 2.52. The van der Waals surface area contributed by atoms with Gasteiger partial charge in [0, 0.05) is 7.05 Å². The van der Waals surface area contributed by atoms with E-state index in [1.807, 2.05) is 72.6 Å². The molecule has 0 bridgehead atoms. The molecule has 3 rings (SSSR count). The number of carbonyl (C=O) groups is 1. The van der Waals surface area contributed by atoms with E-state index in [9.17, 15) is 4.79 Å². The van der Waals surface area contributed by atoms with Gasteiger partial charge in [-0.25, -0.2) is 0 Å². The van der Waals surface area contributed by atoms with Gasteiger partial charge in [-0.3, -0.25) is 4.79 Å². The highest BCUT2D eigenvalue weighted by atomic mass is 32.1. The van der Waals surface area contributed by atoms with Crippen molar-refractivity contribution in [3.8, 4) is 0 Å². The van der Waals surface area contributed by atoms with Crippen molar-refractivity contribution in [1.82, 2.24) is 10.2 Å². The molecule has 1 fully saturated rings. The van der Waals surface area contributed by atoms with E-state index in [0.717, 1.165) is 11.1 Å². The second kappa shape index (κ2) is 5.66. The summed E-state index contributed by atoms with van der Waals surface area (Å²) in [6.45, 7) is 0. The molecule has 0 radical (unpaired) electrons. The van der Waals surface area contributed by atoms with Gasteiger partial charge in [-0.1, -0.05) is 60.7 Å². The molecule has 21 heavy (non-hydrogen) atoms. The Balaban J connectivity index is 2.09. The Hall–Kier alpha value is -2.20. The van der Waals surface area contributed by atoms with Gasteiger partial charge in [-0.05, 0) is 23.3 Å². The fourth-order valence-electron chi connectivity index (χ4n) is 2.82. The zero-order chi connectivity index (χ0) is 14.8. The number of hydrogen-bond donors (Lipinski definition) is 1. The Morgan fingerprint density at radius 1 is 0.952 bits per heavy atom. The molecule has 2 aromatic carbocycles. The number of likely N-dealkylation sites (N-methyl/N-ethyl adjacent to an activating group) is 1. The minimum Gasteiger partial charge on any atom is -0.344 e. The van der Waals surface area contributed by atoms with Crippen molar-refractivity contribution < 1.29 is 4.79 Å². The molecule has 106 valence electrons. The van der Waals surface area contributed by atoms with Crippen molar-refractivity contribution in [2.75, 3.05) is 7.05 Å². The van der Waals surface area contributed by atoms with Gasteiger partial charge in [0.1, 0.15) is 0 Å². The molecular formula is C17H16N2OS. The van der Waals surface area contributed by atoms with E-state index < -0.39 is 0 Å². The van der Waals surface area contributed by atoms with Crippen LogP contribution in [0.2, 0.25) is 0 Å². The van der Waals surface area contributed by atoms with Crippen molar-refractivity contribution in [2.24, 2.45) is 0 Å². The normalized spacial score (nSPS) is 22.0. The van der Waals surface area contributed by atoms with Gasteiger partial charge in [0.25, 0.3) is 0 Å². The summed E-state index contributed by atoms with van der Waals surface area (Å²) in [6, 6.07) is 19.8. The van der Waals surface area contributed by atoms with Crippen LogP contribution in [0, 0.1) is 0 Å². The maximum absolute atomic E-state index is 12.5. The Kier molecular flexibility index (Phi) is 3.71. The van der Waals surface area contributed by atoms with E-state index in [0.29, 0.717) is 5.11 Å². The summed E-state index contributed by atoms with van der Waals surface area (Å²) in [5, 5.41) is 3.27. The molecule has 1 aliphatic rings. The number of thiocarbonyl (C=S) groups is 1. The lowest BCUT2D eigenvalue weighted by molar-refractivity contribution is -0.123. The topological polar surface area (TPSA) is 32.3 Å². The number of carbonyl (C=O) groups excluding carboxylic acids is 1. The van der Waals surface area contributed by atoms with Crippen molar-refractivity contribution in [3.63, 3.8) is 0 Å². The van der Waals surface area contributed by atoms with Crippen molar-refractivity contribution in [2.45, 2.75) is 12.0 Å². The van der Waals surface area contributed by atoms with Crippen LogP contribution < -0.4 is 5.32 Å². The van der Waals surface area contributed by atoms with E-state index in [2.05, 4.69) is 5.32 Å². The average molecular weight is 296 g/mol. The van der Waals surface area contributed by atoms with Crippen LogP contribution in [0.4, 0.5) is 0 Å². The van der Waals surface area contributed by atoms with Gasteiger partial charge in [0.15, 0.2) is 5.11 Å². The quantitative estimate of drug-likeness (QED) is 0.865. The fourth-order valence-corrected chi connectivity index (χ4v) is 3.04. The number of nitrogens with one attached hydrogen (secondary N) is 1. The highest BCUT2D eigenvalue weighted by molar-refractivity contribution is 7.80. The van der Waals surface area contributed by atoms with Gasteiger partial charge >= 0.3 is 0 Å². The van der Waals surface area contributed by atoms with Crippen LogP contribution in [-0.4, -0.2) is 23.0 Å². The van der Waals surface area contributed by atoms with E-state index in [1.165, 1.54) is 0 Å². The predicted octanol–water partition coefficient (Wildman–Crippen LogP) is 2.86. The molecule has 1 aliphatic heterocycles. The zero-order valence-corrected chi connectivity index (χ0v) is 12.5. The maximum atomic E-state index is 12.5. The van der Waals surface area contributed by atoms with Crippen LogP contribution in [-0.2, 0) is 4.79 Å². The zero-order valence-electron chi connectivity index (χ0n) is 11.7. The lowest BCUT2D eigenvalue weighted by Gasteiger charge is -2.40. The van der Waals surface area contributed by atoms with Crippen molar-refractivity contribution in [1.29, 1.82) is 0 Å². The molecule has 2 unspecified atom stereocenters. The molecule has 1 amide bonds. The maximum Gasteiger partial charge on any atom is 0.236 e. The summed E-state index contributed by atoms with van der Waals surface area (Å²) in [6.07, 6.45) is 0. The van der Waals surface area contributed by atoms with Crippen LogP contribution in [0.15, 0.2) is 60.7 Å². The van der Waals surface area contributed by atoms with Gasteiger partial charge in [-0.15, -0.1) is 0 Å². The predicted molar refractivity (Wildman–Crippen MR) is 86.9 cm³/mol. The van der Waals surface area contributed by atoms with Crippen molar-refractivity contribution in [3.05, 3.63) is 71.8 Å². The second-order valence-electron chi connectivity index (χ2n) is 5.15. The Bertz CT molecular complexity index is 657. The minimum absolute atomic E-state index is 0.0434. The molecule has 1 heterocycles. The van der Waals surface area contributed by atoms with Gasteiger partial charge in [0.05, 0.1) is 12.0 Å². The van der Waals surface area contributed by atoms with E-state index >= 15 is 0 Å². The Morgan fingerprint density at radius 3 is 2.05 bits per heavy atom. The molecule has 2 atom stereocenters. The summed E-state index contributed by atoms with van der Waals surface area (Å²) in [5.41, 5.74) is 2.09. The largest absolute Gasteiger partial charge is 0.344 e. The highest BCUT2D eigenvalue weighted by Gasteiger charge is 2.39. The van der Waals surface area contributed by atoms with E-state index in [-0.39, 0.29) is 17.9 Å². The van der Waals surface area contributed by atoms with Gasteiger partial charge in [0.2, 0.25) is 5.91 Å². The van der Waals surface area contributed by atoms with Crippen LogP contribution in [0.5, 0.6) is 0 Å². The summed E-state index contributed by atoms with van der Waals surface area (Å²) in [4.78, 5) is 14.5. The number of hydrogen-bond acceptors (Lipinski definition) is 2. The third-order valence-electron chi connectivity index (χ3n) is 3.87. The molecule has 0 saturated carbocycles. The van der Waals surface area contributed by atoms with Crippen LogP contribution in [0.25, 0.3) is 0 Å². The van der Waals surface area contributed by atoms with Gasteiger partial charge < -0.3 is 10.2 Å². The first-order chi connectivity index (χ1) is 10.2. The van der Waals surface area contributed by atoms with Crippen LogP contribution in [0.3, 0.4) is 0 Å². The Labute approximate surface area is 129 Å². The number of benzene rings is 2. The molecular weight excluding hydrogens is 280 g/mol. The van der Waals surface area contributed by atoms with E-state index in [4.69, 9.17) is 12.2 Å². The summed E-state index contributed by atoms with van der Waals surface area (Å²) in [5.74, 6) is -0.316. The molecule has 2 aromatic rings. The summed E-state index contributed by atoms with van der Waals surface area (Å²) < 4.78 is 0. The lowest BCUT2D eigenvalue weighted by Crippen LogP contribution is -2.53. The molecule has 0 aliphatic carbocycles. The molecule has 0 spiro atoms. The third-order valence-corrected chi connectivity index (χ3v) is 4.26. The molecule has 3 nitrogen and oxygen atoms in total. The number of nitrogens with zero attached hydrogens (tertiary/aromatic N) is 1. The summed E-state index contributed by atoms with van der Waals surface area (Å²) in [7, 11) is 1.93. The smallest absolute Gasteiger partial charge is 0.236 e. The molecule has 0 aromatic heterocycles. The lowest BCUT2D eigenvalue weighted by atomic mass is 9.84. The Morgan fingerprint density at radius 2 is 1.48 bits per heavy atom. The monoisotopic (exact) mass is 296 g/mol. The van der Waals surface area contributed by atoms with E-state index in [1.54, 1.807) is 0 Å². The minimum atomic E-state index is -0.273. The van der Waals surface area contributed by atoms with Crippen LogP contribution >= 0.6 is 12.2 Å². The highest BCUT2D eigenvalue weighted by Crippen LogP contribution is 2.37. The molecule has 1 N–H and O–H groups in total. The van der Waals surface area contributed by atoms with Crippen LogP contribution in [0.1, 0.15) is 23.1 Å². The third kappa shape index (κ3) is 2.54. The standard InChI is InChI=1S/C17H16N2OS/c1-19-15(13-10-6-3-7-11-13)14(16(20)18-17(19)21)12-8-4-2-5-9-12/h2-11,14-15H,1H3,(H,18,20,21). The number of rotatable bonds is 2. The summed E-state index contributed by atoms with van der Waals surface area (Å²) >= 11 is 5.28. The SMILES string of the molecule is CN1C(=S)NC(=O)C(c2ccccc2)C1c1ccccc1. The molecule has 1 saturated heterocycles. The first kappa shape index (κ1) is 13.8. The first-order valence-electron chi connectivity index (χ1n) is 6.86. The van der Waals surface area contributed by atoms with Gasteiger partial charge in [-0.2, -0.15) is 0 Å².